The highest BCUT2D eigenvalue weighted by Gasteiger charge is 2.10. The van der Waals surface area contributed by atoms with Crippen molar-refractivity contribution in [2.45, 2.75) is 19.3 Å². The molecule has 0 spiro atoms. The van der Waals surface area contributed by atoms with Crippen LogP contribution in [0, 0.1) is 0 Å². The molecule has 2 heterocycles. The lowest BCUT2D eigenvalue weighted by atomic mass is 10.1. The topological polar surface area (TPSA) is 54.2 Å². The van der Waals surface area contributed by atoms with Gasteiger partial charge >= 0.3 is 0 Å². The van der Waals surface area contributed by atoms with Crippen LogP contribution >= 0.6 is 11.3 Å². The van der Waals surface area contributed by atoms with Crippen LogP contribution in [0.5, 0.6) is 0 Å². The van der Waals surface area contributed by atoms with E-state index < -0.39 is 0 Å². The number of nitrogens with two attached hydrogens (primary N) is 1. The molecular formula is C14H20N4S. The maximum absolute atomic E-state index is 6.15. The van der Waals surface area contributed by atoms with Crippen molar-refractivity contribution in [1.29, 1.82) is 0 Å². The highest BCUT2D eigenvalue weighted by Crippen LogP contribution is 2.29. The number of anilines is 2. The third kappa shape index (κ3) is 2.82. The quantitative estimate of drug-likeness (QED) is 0.843. The van der Waals surface area contributed by atoms with Gasteiger partial charge in [0.1, 0.15) is 5.52 Å². The van der Waals surface area contributed by atoms with Gasteiger partial charge < -0.3 is 16.0 Å². The summed E-state index contributed by atoms with van der Waals surface area (Å²) in [5.74, 6) is 0. The van der Waals surface area contributed by atoms with Crippen LogP contribution in [-0.2, 0) is 0 Å². The van der Waals surface area contributed by atoms with Crippen molar-refractivity contribution in [2.75, 3.05) is 37.2 Å². The number of nitrogens with one attached hydrogen (secondary N) is 1. The number of hydrogen-bond acceptors (Lipinski definition) is 5. The number of rotatable bonds is 4. The van der Waals surface area contributed by atoms with E-state index in [1.807, 2.05) is 5.51 Å². The standard InChI is InChI=1S/C14H20N4S/c15-13-11(4-5-12-14(13)17-10-19-12)16-6-9-18-7-2-1-3-8-18/h4-5,10,16H,1-3,6-9,15H2. The summed E-state index contributed by atoms with van der Waals surface area (Å²) in [6.45, 7) is 4.51. The number of hydrogen-bond donors (Lipinski definition) is 2. The number of thiazole rings is 1. The predicted octanol–water partition coefficient (Wildman–Crippen LogP) is 2.78. The largest absolute Gasteiger partial charge is 0.395 e. The molecule has 0 aliphatic carbocycles. The van der Waals surface area contributed by atoms with Crippen molar-refractivity contribution < 1.29 is 0 Å². The van der Waals surface area contributed by atoms with Crippen LogP contribution < -0.4 is 11.1 Å². The zero-order valence-corrected chi connectivity index (χ0v) is 11.9. The molecule has 1 fully saturated rings. The van der Waals surface area contributed by atoms with Gasteiger partial charge in [0.2, 0.25) is 0 Å². The maximum Gasteiger partial charge on any atom is 0.106 e. The van der Waals surface area contributed by atoms with Crippen molar-refractivity contribution in [1.82, 2.24) is 9.88 Å². The first-order chi connectivity index (χ1) is 9.34. The Kier molecular flexibility index (Phi) is 3.84. The van der Waals surface area contributed by atoms with Gasteiger partial charge in [-0.2, -0.15) is 0 Å². The third-order valence-corrected chi connectivity index (χ3v) is 4.53. The number of nitrogens with zero attached hydrogens (tertiary/aromatic N) is 2. The lowest BCUT2D eigenvalue weighted by molar-refractivity contribution is 0.237. The summed E-state index contributed by atoms with van der Waals surface area (Å²) in [5, 5.41) is 3.44. The second-order valence-electron chi connectivity index (χ2n) is 5.05. The Morgan fingerprint density at radius 1 is 1.26 bits per heavy atom. The molecule has 4 nitrogen and oxygen atoms in total. The molecule has 1 aromatic heterocycles. The van der Waals surface area contributed by atoms with Gasteiger partial charge in [0.25, 0.3) is 0 Å². The van der Waals surface area contributed by atoms with Gasteiger partial charge in [0.05, 0.1) is 21.6 Å². The number of nitrogen functional groups attached to an aromatic ring is 1. The minimum Gasteiger partial charge on any atom is -0.395 e. The zero-order valence-electron chi connectivity index (χ0n) is 11.1. The fourth-order valence-electron chi connectivity index (χ4n) is 2.64. The Hall–Kier alpha value is -1.33. The Morgan fingerprint density at radius 3 is 2.95 bits per heavy atom. The lowest BCUT2D eigenvalue weighted by Gasteiger charge is -2.26. The van der Waals surface area contributed by atoms with Gasteiger partial charge in [0.15, 0.2) is 0 Å². The molecule has 19 heavy (non-hydrogen) atoms. The lowest BCUT2D eigenvalue weighted by Crippen LogP contribution is -2.33. The van der Waals surface area contributed by atoms with Gasteiger partial charge in [0, 0.05) is 13.1 Å². The first-order valence-electron chi connectivity index (χ1n) is 6.92. The van der Waals surface area contributed by atoms with Crippen LogP contribution in [0.4, 0.5) is 11.4 Å². The van der Waals surface area contributed by atoms with E-state index in [2.05, 4.69) is 27.3 Å². The molecule has 1 aliphatic rings. The zero-order chi connectivity index (χ0) is 13.1. The van der Waals surface area contributed by atoms with E-state index in [4.69, 9.17) is 5.73 Å². The molecule has 1 aliphatic heterocycles. The minimum atomic E-state index is 0.775. The van der Waals surface area contributed by atoms with E-state index in [0.717, 1.165) is 34.7 Å². The number of aromatic nitrogens is 1. The van der Waals surface area contributed by atoms with E-state index in [9.17, 15) is 0 Å². The monoisotopic (exact) mass is 276 g/mol. The Bertz CT molecular complexity index is 545. The number of fused-ring (bicyclic) bond motifs is 1. The number of likely N-dealkylation sites (tertiary alicyclic amines) is 1. The molecule has 0 unspecified atom stereocenters. The van der Waals surface area contributed by atoms with Gasteiger partial charge in [-0.1, -0.05) is 6.42 Å². The molecule has 3 rings (SSSR count). The maximum atomic E-state index is 6.15. The van der Waals surface area contributed by atoms with Crippen LogP contribution in [0.1, 0.15) is 19.3 Å². The van der Waals surface area contributed by atoms with Crippen LogP contribution in [0.2, 0.25) is 0 Å². The number of piperidine rings is 1. The average Bonchev–Trinajstić information content (AvgIpc) is 2.92. The summed E-state index contributed by atoms with van der Waals surface area (Å²) < 4.78 is 1.15. The SMILES string of the molecule is Nc1c(NCCN2CCCCC2)ccc2scnc12. The average molecular weight is 276 g/mol. The third-order valence-electron chi connectivity index (χ3n) is 3.73. The normalized spacial score (nSPS) is 16.8. The molecule has 0 radical (unpaired) electrons. The summed E-state index contributed by atoms with van der Waals surface area (Å²) in [7, 11) is 0. The summed E-state index contributed by atoms with van der Waals surface area (Å²) >= 11 is 1.63. The van der Waals surface area contributed by atoms with Crippen LogP contribution in [0.3, 0.4) is 0 Å². The van der Waals surface area contributed by atoms with Crippen molar-refractivity contribution in [3.8, 4) is 0 Å². The van der Waals surface area contributed by atoms with E-state index in [0.29, 0.717) is 0 Å². The van der Waals surface area contributed by atoms with Crippen molar-refractivity contribution >= 4 is 32.9 Å². The fraction of sp³-hybridized carbons (Fsp3) is 0.500. The Morgan fingerprint density at radius 2 is 2.11 bits per heavy atom. The number of benzene rings is 1. The highest BCUT2D eigenvalue weighted by molar-refractivity contribution is 7.16. The molecule has 0 atom stereocenters. The summed E-state index contributed by atoms with van der Waals surface area (Å²) in [5.41, 5.74) is 10.7. The van der Waals surface area contributed by atoms with Gasteiger partial charge in [-0.15, -0.1) is 11.3 Å². The Balaban J connectivity index is 1.60. The molecule has 102 valence electrons. The van der Waals surface area contributed by atoms with E-state index in [1.54, 1.807) is 11.3 Å². The van der Waals surface area contributed by atoms with Crippen molar-refractivity contribution in [3.05, 3.63) is 17.6 Å². The molecule has 1 aromatic carbocycles. The second-order valence-corrected chi connectivity index (χ2v) is 5.94. The van der Waals surface area contributed by atoms with Crippen molar-refractivity contribution in [2.24, 2.45) is 0 Å². The molecule has 2 aromatic rings. The van der Waals surface area contributed by atoms with Crippen molar-refractivity contribution in [3.63, 3.8) is 0 Å². The highest BCUT2D eigenvalue weighted by atomic mass is 32.1. The molecule has 1 saturated heterocycles. The van der Waals surface area contributed by atoms with E-state index in [1.165, 1.54) is 32.4 Å². The molecule has 0 bridgehead atoms. The van der Waals surface area contributed by atoms with Gasteiger partial charge in [-0.05, 0) is 38.1 Å². The molecule has 5 heteroatoms. The summed E-state index contributed by atoms with van der Waals surface area (Å²) in [4.78, 5) is 6.84. The predicted molar refractivity (Wildman–Crippen MR) is 82.8 cm³/mol. The van der Waals surface area contributed by atoms with Crippen LogP contribution in [-0.4, -0.2) is 36.1 Å². The molecular weight excluding hydrogens is 256 g/mol. The minimum absolute atomic E-state index is 0.775. The molecule has 0 amide bonds. The first kappa shape index (κ1) is 12.7. The van der Waals surface area contributed by atoms with Gasteiger partial charge in [-0.25, -0.2) is 4.98 Å². The summed E-state index contributed by atoms with van der Waals surface area (Å²) in [6, 6.07) is 4.15. The van der Waals surface area contributed by atoms with Crippen LogP contribution in [0.25, 0.3) is 10.2 Å². The van der Waals surface area contributed by atoms with E-state index in [-0.39, 0.29) is 0 Å². The molecule has 3 N–H and O–H groups in total. The Labute approximate surface area is 117 Å². The second kappa shape index (κ2) is 5.75. The first-order valence-corrected chi connectivity index (χ1v) is 7.80. The van der Waals surface area contributed by atoms with E-state index >= 15 is 0 Å². The molecule has 0 saturated carbocycles. The van der Waals surface area contributed by atoms with Crippen LogP contribution in [0.15, 0.2) is 17.6 Å². The fourth-order valence-corrected chi connectivity index (χ4v) is 3.33. The summed E-state index contributed by atoms with van der Waals surface area (Å²) in [6.07, 6.45) is 4.07. The van der Waals surface area contributed by atoms with Gasteiger partial charge in [-0.3, -0.25) is 0 Å². The smallest absolute Gasteiger partial charge is 0.106 e.